The van der Waals surface area contributed by atoms with Crippen LogP contribution in [0.25, 0.3) is 0 Å². The topological polar surface area (TPSA) is 75.7 Å². The molecule has 1 atom stereocenters. The summed E-state index contributed by atoms with van der Waals surface area (Å²) in [5.74, 6) is 1.01. The molecule has 2 aromatic rings. The van der Waals surface area contributed by atoms with Crippen LogP contribution in [0.5, 0.6) is 11.5 Å². The minimum absolute atomic E-state index is 0.137. The molecule has 1 aliphatic rings. The number of carbonyl (C=O) groups excluding carboxylic acids is 1. The molecule has 3 rings (SSSR count). The van der Waals surface area contributed by atoms with Gasteiger partial charge in [-0.2, -0.15) is 0 Å². The van der Waals surface area contributed by atoms with Gasteiger partial charge in [0.1, 0.15) is 17.5 Å². The first-order valence-corrected chi connectivity index (χ1v) is 11.3. The maximum Gasteiger partial charge on any atom is 0.243 e. The van der Waals surface area contributed by atoms with Gasteiger partial charge in [-0.15, -0.1) is 0 Å². The summed E-state index contributed by atoms with van der Waals surface area (Å²) in [6.45, 7) is 1.61. The van der Waals surface area contributed by atoms with Crippen LogP contribution >= 0.6 is 0 Å². The van der Waals surface area contributed by atoms with Crippen LogP contribution in [0.4, 0.5) is 5.69 Å². The minimum atomic E-state index is -3.64. The van der Waals surface area contributed by atoms with Gasteiger partial charge in [-0.1, -0.05) is 31.0 Å². The van der Waals surface area contributed by atoms with Crippen molar-refractivity contribution in [2.45, 2.75) is 44.7 Å². The average Bonchev–Trinajstić information content (AvgIpc) is 3.16. The number of carbonyl (C=O) groups is 1. The van der Waals surface area contributed by atoms with E-state index in [0.717, 1.165) is 36.2 Å². The third-order valence-corrected chi connectivity index (χ3v) is 6.10. The fraction of sp³-hybridized carbons (Fsp3) is 0.381. The predicted molar refractivity (Wildman–Crippen MR) is 110 cm³/mol. The Labute approximate surface area is 166 Å². The van der Waals surface area contributed by atoms with Crippen LogP contribution in [0.3, 0.4) is 0 Å². The number of sulfonamides is 1. The summed E-state index contributed by atoms with van der Waals surface area (Å²) >= 11 is 0. The lowest BCUT2D eigenvalue weighted by molar-refractivity contribution is -0.122. The lowest BCUT2D eigenvalue weighted by Gasteiger charge is -2.29. The number of rotatable bonds is 7. The second-order valence-corrected chi connectivity index (χ2v) is 8.99. The van der Waals surface area contributed by atoms with Crippen LogP contribution in [-0.4, -0.2) is 32.7 Å². The summed E-state index contributed by atoms with van der Waals surface area (Å²) in [6.07, 6.45) is 5.20. The second kappa shape index (κ2) is 8.65. The SMILES string of the molecule is C[C@H](C(=O)NC1CCCC1)N(c1ccc(Oc2ccccc2)cc1)S(C)(=O)=O. The zero-order chi connectivity index (χ0) is 20.1. The Balaban J connectivity index is 1.76. The van der Waals surface area contributed by atoms with Gasteiger partial charge in [-0.25, -0.2) is 8.42 Å². The molecule has 6 nitrogen and oxygen atoms in total. The number of amides is 1. The zero-order valence-electron chi connectivity index (χ0n) is 16.2. The first-order chi connectivity index (χ1) is 13.3. The number of para-hydroxylation sites is 1. The van der Waals surface area contributed by atoms with Gasteiger partial charge in [-0.3, -0.25) is 9.10 Å². The smallest absolute Gasteiger partial charge is 0.243 e. The largest absolute Gasteiger partial charge is 0.457 e. The highest BCUT2D eigenvalue weighted by atomic mass is 32.2. The fourth-order valence-corrected chi connectivity index (χ4v) is 4.66. The molecule has 28 heavy (non-hydrogen) atoms. The van der Waals surface area contributed by atoms with Gasteiger partial charge in [-0.05, 0) is 56.2 Å². The molecule has 2 aromatic carbocycles. The predicted octanol–water partition coefficient (Wildman–Crippen LogP) is 3.69. The quantitative estimate of drug-likeness (QED) is 0.766. The Morgan fingerprint density at radius 3 is 2.18 bits per heavy atom. The van der Waals surface area contributed by atoms with Crippen molar-refractivity contribution in [1.29, 1.82) is 0 Å². The molecule has 1 fully saturated rings. The van der Waals surface area contributed by atoms with E-state index in [0.29, 0.717) is 17.2 Å². The van der Waals surface area contributed by atoms with Crippen molar-refractivity contribution in [2.75, 3.05) is 10.6 Å². The maximum atomic E-state index is 12.6. The van der Waals surface area contributed by atoms with Crippen molar-refractivity contribution in [3.05, 3.63) is 54.6 Å². The van der Waals surface area contributed by atoms with Gasteiger partial charge in [0, 0.05) is 6.04 Å². The van der Waals surface area contributed by atoms with Crippen molar-refractivity contribution in [2.24, 2.45) is 0 Å². The van der Waals surface area contributed by atoms with E-state index in [1.807, 2.05) is 30.3 Å². The molecule has 0 spiro atoms. The van der Waals surface area contributed by atoms with Crippen molar-refractivity contribution in [3.63, 3.8) is 0 Å². The Hall–Kier alpha value is -2.54. The highest BCUT2D eigenvalue weighted by Crippen LogP contribution is 2.27. The molecular formula is C21H26N2O4S. The number of ether oxygens (including phenoxy) is 1. The second-order valence-electron chi connectivity index (χ2n) is 7.13. The molecule has 150 valence electrons. The van der Waals surface area contributed by atoms with Crippen molar-refractivity contribution < 1.29 is 17.9 Å². The lowest BCUT2D eigenvalue weighted by atomic mass is 10.2. The van der Waals surface area contributed by atoms with Gasteiger partial charge in [0.25, 0.3) is 0 Å². The maximum absolute atomic E-state index is 12.6. The molecule has 1 aliphatic carbocycles. The highest BCUT2D eigenvalue weighted by Gasteiger charge is 2.30. The Morgan fingerprint density at radius 2 is 1.61 bits per heavy atom. The standard InChI is InChI=1S/C21H26N2O4S/c1-16(21(24)22-17-8-6-7-9-17)23(28(2,25)26)18-12-14-20(15-13-18)27-19-10-4-3-5-11-19/h3-5,10-17H,6-9H2,1-2H3,(H,22,24)/t16-/m1/s1. The zero-order valence-corrected chi connectivity index (χ0v) is 17.0. The number of hydrogen-bond donors (Lipinski definition) is 1. The van der Waals surface area contributed by atoms with E-state index in [4.69, 9.17) is 4.74 Å². The summed E-state index contributed by atoms with van der Waals surface area (Å²) < 4.78 is 31.7. The van der Waals surface area contributed by atoms with E-state index in [9.17, 15) is 13.2 Å². The third kappa shape index (κ3) is 5.04. The highest BCUT2D eigenvalue weighted by molar-refractivity contribution is 7.92. The number of nitrogens with one attached hydrogen (secondary N) is 1. The monoisotopic (exact) mass is 402 g/mol. The molecule has 7 heteroatoms. The molecule has 0 aliphatic heterocycles. The molecule has 0 radical (unpaired) electrons. The Kier molecular flexibility index (Phi) is 6.24. The van der Waals surface area contributed by atoms with E-state index in [-0.39, 0.29) is 11.9 Å². The van der Waals surface area contributed by atoms with Gasteiger partial charge < -0.3 is 10.1 Å². The Morgan fingerprint density at radius 1 is 1.04 bits per heavy atom. The van der Waals surface area contributed by atoms with Crippen LogP contribution in [-0.2, 0) is 14.8 Å². The first-order valence-electron chi connectivity index (χ1n) is 9.47. The van der Waals surface area contributed by atoms with Gasteiger partial charge >= 0.3 is 0 Å². The summed E-state index contributed by atoms with van der Waals surface area (Å²) in [5, 5.41) is 2.98. The molecule has 1 saturated carbocycles. The van der Waals surface area contributed by atoms with E-state index in [1.165, 1.54) is 0 Å². The van der Waals surface area contributed by atoms with Gasteiger partial charge in [0.15, 0.2) is 0 Å². The molecule has 1 amide bonds. The third-order valence-electron chi connectivity index (χ3n) is 4.86. The number of hydrogen-bond acceptors (Lipinski definition) is 4. The van der Waals surface area contributed by atoms with E-state index >= 15 is 0 Å². The normalized spacial score (nSPS) is 15.8. The van der Waals surface area contributed by atoms with Gasteiger partial charge in [0.05, 0.1) is 11.9 Å². The lowest BCUT2D eigenvalue weighted by Crippen LogP contribution is -2.49. The summed E-state index contributed by atoms with van der Waals surface area (Å²) in [7, 11) is -3.64. The average molecular weight is 403 g/mol. The fourth-order valence-electron chi connectivity index (χ4n) is 3.49. The van der Waals surface area contributed by atoms with Crippen LogP contribution in [0, 0.1) is 0 Å². The van der Waals surface area contributed by atoms with Crippen molar-refractivity contribution in [3.8, 4) is 11.5 Å². The molecular weight excluding hydrogens is 376 g/mol. The Bertz CT molecular complexity index is 892. The molecule has 0 saturated heterocycles. The number of nitrogens with zero attached hydrogens (tertiary/aromatic N) is 1. The minimum Gasteiger partial charge on any atom is -0.457 e. The van der Waals surface area contributed by atoms with Crippen LogP contribution in [0.1, 0.15) is 32.6 Å². The molecule has 0 aromatic heterocycles. The number of anilines is 1. The molecule has 1 N–H and O–H groups in total. The van der Waals surface area contributed by atoms with Gasteiger partial charge in [0.2, 0.25) is 15.9 Å². The molecule has 0 unspecified atom stereocenters. The van der Waals surface area contributed by atoms with Crippen molar-refractivity contribution in [1.82, 2.24) is 5.32 Å². The van der Waals surface area contributed by atoms with E-state index in [2.05, 4.69) is 5.32 Å². The van der Waals surface area contributed by atoms with E-state index in [1.54, 1.807) is 31.2 Å². The summed E-state index contributed by atoms with van der Waals surface area (Å²) in [6, 6.07) is 15.3. The van der Waals surface area contributed by atoms with Crippen LogP contribution in [0.2, 0.25) is 0 Å². The molecule has 0 bridgehead atoms. The molecule has 0 heterocycles. The summed E-state index contributed by atoms with van der Waals surface area (Å²) in [5.41, 5.74) is 0.428. The van der Waals surface area contributed by atoms with Crippen molar-refractivity contribution >= 4 is 21.6 Å². The summed E-state index contributed by atoms with van der Waals surface area (Å²) in [4.78, 5) is 12.6. The number of benzene rings is 2. The van der Waals surface area contributed by atoms with Crippen LogP contribution < -0.4 is 14.4 Å². The van der Waals surface area contributed by atoms with E-state index < -0.39 is 16.1 Å². The van der Waals surface area contributed by atoms with Crippen LogP contribution in [0.15, 0.2) is 54.6 Å². The first kappa shape index (κ1) is 20.2.